The van der Waals surface area contributed by atoms with Gasteiger partial charge in [-0.15, -0.1) is 0 Å². The molecule has 22 heavy (non-hydrogen) atoms. The van der Waals surface area contributed by atoms with Crippen molar-refractivity contribution in [1.29, 1.82) is 0 Å². The fraction of sp³-hybridized carbons (Fsp3) is 0.647. The van der Waals surface area contributed by atoms with Crippen LogP contribution in [-0.4, -0.2) is 45.8 Å². The Labute approximate surface area is 139 Å². The van der Waals surface area contributed by atoms with Gasteiger partial charge in [0.1, 0.15) is 0 Å². The molecule has 0 aliphatic carbocycles. The smallest absolute Gasteiger partial charge is 0.179 e. The van der Waals surface area contributed by atoms with Crippen LogP contribution in [0.4, 0.5) is 0 Å². The summed E-state index contributed by atoms with van der Waals surface area (Å²) in [6.45, 7) is 6.14. The fourth-order valence-corrected chi connectivity index (χ4v) is 2.76. The van der Waals surface area contributed by atoms with Gasteiger partial charge < -0.3 is 19.7 Å². The molecule has 0 amide bonds. The molecule has 1 N–H and O–H groups in total. The third-order valence-corrected chi connectivity index (χ3v) is 4.15. The van der Waals surface area contributed by atoms with E-state index in [-0.39, 0.29) is 0 Å². The van der Waals surface area contributed by atoms with Crippen molar-refractivity contribution in [1.82, 2.24) is 10.2 Å². The van der Waals surface area contributed by atoms with E-state index in [1.165, 1.54) is 6.42 Å². The van der Waals surface area contributed by atoms with Gasteiger partial charge in [-0.2, -0.15) is 0 Å². The molecule has 0 aliphatic heterocycles. The second-order valence-electron chi connectivity index (χ2n) is 6.15. The highest BCUT2D eigenvalue weighted by atomic mass is 35.5. The van der Waals surface area contributed by atoms with Gasteiger partial charge in [0.25, 0.3) is 0 Å². The van der Waals surface area contributed by atoms with E-state index < -0.39 is 0 Å². The van der Waals surface area contributed by atoms with Crippen molar-refractivity contribution < 1.29 is 9.47 Å². The lowest BCUT2D eigenvalue weighted by atomic mass is 10.0. The maximum Gasteiger partial charge on any atom is 0.179 e. The molecule has 0 bridgehead atoms. The van der Waals surface area contributed by atoms with E-state index in [4.69, 9.17) is 21.1 Å². The van der Waals surface area contributed by atoms with Crippen LogP contribution in [0.2, 0.25) is 5.02 Å². The van der Waals surface area contributed by atoms with Gasteiger partial charge in [-0.25, -0.2) is 0 Å². The molecule has 1 rings (SSSR count). The maximum atomic E-state index is 6.40. The van der Waals surface area contributed by atoms with Gasteiger partial charge in [-0.05, 0) is 38.1 Å². The van der Waals surface area contributed by atoms with Gasteiger partial charge in [0, 0.05) is 19.1 Å². The second-order valence-corrected chi connectivity index (χ2v) is 6.53. The lowest BCUT2D eigenvalue weighted by Crippen LogP contribution is -2.38. The molecule has 1 unspecified atom stereocenters. The van der Waals surface area contributed by atoms with Crippen LogP contribution in [0.3, 0.4) is 0 Å². The molecule has 0 saturated heterocycles. The van der Waals surface area contributed by atoms with Gasteiger partial charge in [-0.1, -0.05) is 31.5 Å². The van der Waals surface area contributed by atoms with E-state index in [1.54, 1.807) is 14.2 Å². The zero-order valence-corrected chi connectivity index (χ0v) is 15.3. The Morgan fingerprint density at radius 3 is 2.36 bits per heavy atom. The molecule has 0 aliphatic rings. The van der Waals surface area contributed by atoms with Crippen molar-refractivity contribution in [2.45, 2.75) is 32.9 Å². The summed E-state index contributed by atoms with van der Waals surface area (Å²) in [6, 6.07) is 4.38. The number of ether oxygens (including phenoxy) is 2. The summed E-state index contributed by atoms with van der Waals surface area (Å²) in [7, 11) is 7.46. The Balaban J connectivity index is 2.68. The Hall–Kier alpha value is -0.970. The van der Waals surface area contributed by atoms with E-state index in [9.17, 15) is 0 Å². The first-order valence-corrected chi connectivity index (χ1v) is 8.05. The van der Waals surface area contributed by atoms with E-state index in [0.29, 0.717) is 35.0 Å². The van der Waals surface area contributed by atoms with Crippen molar-refractivity contribution in [3.63, 3.8) is 0 Å². The summed E-state index contributed by atoms with van der Waals surface area (Å²) < 4.78 is 10.6. The standard InChI is InChI=1S/C17H29ClN2O2/c1-12(2)9-14(20(3)4)11-19-10-13-7-8-15(21-5)17(22-6)16(13)18/h7-8,12,14,19H,9-11H2,1-6H3. The molecule has 5 heteroatoms. The third-order valence-electron chi connectivity index (χ3n) is 3.73. The van der Waals surface area contributed by atoms with Crippen LogP contribution >= 0.6 is 11.6 Å². The van der Waals surface area contributed by atoms with E-state index in [0.717, 1.165) is 12.1 Å². The van der Waals surface area contributed by atoms with Gasteiger partial charge in [0.15, 0.2) is 11.5 Å². The number of hydrogen-bond acceptors (Lipinski definition) is 4. The number of rotatable bonds is 9. The Bertz CT molecular complexity index is 464. The highest BCUT2D eigenvalue weighted by Crippen LogP contribution is 2.37. The number of halogens is 1. The zero-order valence-electron chi connectivity index (χ0n) is 14.6. The van der Waals surface area contributed by atoms with Crippen LogP contribution in [0, 0.1) is 5.92 Å². The highest BCUT2D eigenvalue weighted by molar-refractivity contribution is 6.33. The van der Waals surface area contributed by atoms with Gasteiger partial charge >= 0.3 is 0 Å². The van der Waals surface area contributed by atoms with Crippen LogP contribution in [0.25, 0.3) is 0 Å². The van der Waals surface area contributed by atoms with Crippen molar-refractivity contribution in [3.05, 3.63) is 22.7 Å². The van der Waals surface area contributed by atoms with Gasteiger partial charge in [0.05, 0.1) is 19.2 Å². The number of nitrogens with zero attached hydrogens (tertiary/aromatic N) is 1. The number of likely N-dealkylation sites (N-methyl/N-ethyl adjacent to an activating group) is 1. The molecule has 0 spiro atoms. The predicted molar refractivity (Wildman–Crippen MR) is 93.2 cm³/mol. The molecule has 126 valence electrons. The zero-order chi connectivity index (χ0) is 16.7. The largest absolute Gasteiger partial charge is 0.493 e. The molecule has 0 aromatic heterocycles. The van der Waals surface area contributed by atoms with Crippen LogP contribution in [0.15, 0.2) is 12.1 Å². The van der Waals surface area contributed by atoms with Crippen molar-refractivity contribution in [2.24, 2.45) is 5.92 Å². The molecular formula is C17H29ClN2O2. The monoisotopic (exact) mass is 328 g/mol. The molecule has 4 nitrogen and oxygen atoms in total. The van der Waals surface area contributed by atoms with Crippen molar-refractivity contribution in [2.75, 3.05) is 34.9 Å². The van der Waals surface area contributed by atoms with Gasteiger partial charge in [-0.3, -0.25) is 0 Å². The predicted octanol–water partition coefficient (Wildman–Crippen LogP) is 3.42. The lowest BCUT2D eigenvalue weighted by Gasteiger charge is -2.26. The first-order valence-electron chi connectivity index (χ1n) is 7.67. The average molecular weight is 329 g/mol. The van der Waals surface area contributed by atoms with Crippen molar-refractivity contribution in [3.8, 4) is 11.5 Å². The van der Waals surface area contributed by atoms with Gasteiger partial charge in [0.2, 0.25) is 0 Å². The quantitative estimate of drug-likeness (QED) is 0.753. The molecule has 0 fully saturated rings. The summed E-state index contributed by atoms with van der Waals surface area (Å²) in [4.78, 5) is 2.27. The number of methoxy groups -OCH3 is 2. The number of benzene rings is 1. The average Bonchev–Trinajstić information content (AvgIpc) is 2.46. The normalized spacial score (nSPS) is 12.8. The van der Waals surface area contributed by atoms with Crippen LogP contribution < -0.4 is 14.8 Å². The molecule has 0 radical (unpaired) electrons. The van der Waals surface area contributed by atoms with E-state index in [2.05, 4.69) is 38.2 Å². The minimum Gasteiger partial charge on any atom is -0.493 e. The van der Waals surface area contributed by atoms with Crippen LogP contribution in [-0.2, 0) is 6.54 Å². The Morgan fingerprint density at radius 1 is 1.18 bits per heavy atom. The maximum absolute atomic E-state index is 6.40. The fourth-order valence-electron chi connectivity index (χ4n) is 2.46. The summed E-state index contributed by atoms with van der Waals surface area (Å²) >= 11 is 6.40. The van der Waals surface area contributed by atoms with E-state index >= 15 is 0 Å². The number of nitrogens with one attached hydrogen (secondary N) is 1. The Kier molecular flexibility index (Phi) is 8.01. The molecular weight excluding hydrogens is 300 g/mol. The summed E-state index contributed by atoms with van der Waals surface area (Å²) in [5.41, 5.74) is 1.02. The van der Waals surface area contributed by atoms with Crippen LogP contribution in [0.5, 0.6) is 11.5 Å². The summed E-state index contributed by atoms with van der Waals surface area (Å²) in [5, 5.41) is 4.11. The minimum atomic E-state index is 0.513. The summed E-state index contributed by atoms with van der Waals surface area (Å²) in [5.74, 6) is 1.93. The molecule has 0 heterocycles. The lowest BCUT2D eigenvalue weighted by molar-refractivity contribution is 0.246. The first-order chi connectivity index (χ1) is 10.4. The molecule has 1 atom stereocenters. The first kappa shape index (κ1) is 19.1. The highest BCUT2D eigenvalue weighted by Gasteiger charge is 2.15. The summed E-state index contributed by atoms with van der Waals surface area (Å²) in [6.07, 6.45) is 1.17. The van der Waals surface area contributed by atoms with E-state index in [1.807, 2.05) is 12.1 Å². The SMILES string of the molecule is COc1ccc(CNCC(CC(C)C)N(C)C)c(Cl)c1OC. The molecule has 0 saturated carbocycles. The topological polar surface area (TPSA) is 33.7 Å². The second kappa shape index (κ2) is 9.23. The molecule has 1 aromatic rings. The van der Waals surface area contributed by atoms with Crippen molar-refractivity contribution >= 4 is 11.6 Å². The number of hydrogen-bond donors (Lipinski definition) is 1. The van der Waals surface area contributed by atoms with Crippen LogP contribution in [0.1, 0.15) is 25.8 Å². The Morgan fingerprint density at radius 2 is 1.86 bits per heavy atom. The minimum absolute atomic E-state index is 0.513. The third kappa shape index (κ3) is 5.34. The molecule has 1 aromatic carbocycles.